The normalized spacial score (nSPS) is 10.4. The molecule has 0 fully saturated rings. The Bertz CT molecular complexity index is 837. The molecule has 0 bridgehead atoms. The van der Waals surface area contributed by atoms with Gasteiger partial charge in [0.25, 0.3) is 0 Å². The summed E-state index contributed by atoms with van der Waals surface area (Å²) < 4.78 is 22.8. The number of aromatic nitrogens is 3. The number of hydrogen-bond donors (Lipinski definition) is 2. The highest BCUT2D eigenvalue weighted by Crippen LogP contribution is 2.14. The number of rotatable bonds is 5. The molecule has 0 aliphatic rings. The van der Waals surface area contributed by atoms with E-state index >= 15 is 0 Å². The van der Waals surface area contributed by atoms with Crippen molar-refractivity contribution in [3.05, 3.63) is 60.1 Å². The fraction of sp³-hybridized carbons (Fsp3) is 0.0667. The van der Waals surface area contributed by atoms with Crippen molar-refractivity contribution in [2.24, 2.45) is 0 Å². The molecule has 0 radical (unpaired) electrons. The maximum atomic E-state index is 12.9. The van der Waals surface area contributed by atoms with Gasteiger partial charge in [-0.15, -0.1) is 0 Å². The lowest BCUT2D eigenvalue weighted by molar-refractivity contribution is 0.0461. The molecular formula is C15H12FN5O3. The van der Waals surface area contributed by atoms with Gasteiger partial charge in [-0.05, 0) is 30.3 Å². The van der Waals surface area contributed by atoms with Crippen LogP contribution in [0.4, 0.5) is 22.0 Å². The van der Waals surface area contributed by atoms with Crippen molar-refractivity contribution in [1.29, 1.82) is 0 Å². The average Bonchev–Trinajstić information content (AvgIpc) is 3.09. The number of nitrogens with one attached hydrogen (secondary N) is 1. The minimum Gasteiger partial charge on any atom is -0.472 e. The molecule has 0 atom stereocenters. The first-order valence-corrected chi connectivity index (χ1v) is 6.82. The van der Waals surface area contributed by atoms with Crippen LogP contribution >= 0.6 is 0 Å². The second-order valence-electron chi connectivity index (χ2n) is 4.65. The second kappa shape index (κ2) is 6.73. The second-order valence-corrected chi connectivity index (χ2v) is 4.65. The lowest BCUT2D eigenvalue weighted by Crippen LogP contribution is -2.10. The highest BCUT2D eigenvalue weighted by atomic mass is 19.1. The third kappa shape index (κ3) is 3.83. The number of furan rings is 1. The van der Waals surface area contributed by atoms with Crippen LogP contribution in [0.25, 0.3) is 0 Å². The van der Waals surface area contributed by atoms with Crippen LogP contribution in [0.2, 0.25) is 0 Å². The van der Waals surface area contributed by atoms with Gasteiger partial charge in [-0.3, -0.25) is 0 Å². The van der Waals surface area contributed by atoms with Gasteiger partial charge in [0.1, 0.15) is 12.1 Å². The van der Waals surface area contributed by atoms with E-state index in [1.807, 2.05) is 0 Å². The molecule has 0 saturated carbocycles. The fourth-order valence-electron chi connectivity index (χ4n) is 1.81. The Morgan fingerprint density at radius 1 is 1.21 bits per heavy atom. The molecule has 3 rings (SSSR count). The van der Waals surface area contributed by atoms with Crippen molar-refractivity contribution in [2.45, 2.75) is 6.61 Å². The number of carbonyl (C=O) groups is 1. The van der Waals surface area contributed by atoms with Crippen molar-refractivity contribution in [2.75, 3.05) is 11.1 Å². The van der Waals surface area contributed by atoms with Crippen molar-refractivity contribution >= 4 is 23.6 Å². The van der Waals surface area contributed by atoms with Crippen LogP contribution in [0.1, 0.15) is 16.2 Å². The average molecular weight is 329 g/mol. The first-order valence-electron chi connectivity index (χ1n) is 6.82. The number of anilines is 3. The number of esters is 1. The summed E-state index contributed by atoms with van der Waals surface area (Å²) in [5, 5.41) is 2.86. The van der Waals surface area contributed by atoms with Crippen molar-refractivity contribution in [1.82, 2.24) is 15.0 Å². The smallest absolute Gasteiger partial charge is 0.341 e. The molecule has 0 unspecified atom stereocenters. The summed E-state index contributed by atoms with van der Waals surface area (Å²) in [6.45, 7) is -0.186. The molecule has 0 saturated heterocycles. The highest BCUT2D eigenvalue weighted by Gasteiger charge is 2.11. The van der Waals surface area contributed by atoms with E-state index in [1.165, 1.54) is 42.9 Å². The van der Waals surface area contributed by atoms with Crippen molar-refractivity contribution in [3.8, 4) is 0 Å². The van der Waals surface area contributed by atoms with E-state index in [0.717, 1.165) is 0 Å². The molecule has 0 aliphatic heterocycles. The Labute approximate surface area is 135 Å². The van der Waals surface area contributed by atoms with Crippen LogP contribution in [0.3, 0.4) is 0 Å². The van der Waals surface area contributed by atoms with Gasteiger partial charge in [0.05, 0.1) is 11.8 Å². The molecule has 0 spiro atoms. The zero-order valence-corrected chi connectivity index (χ0v) is 12.3. The molecule has 8 nitrogen and oxygen atoms in total. The molecule has 3 aromatic rings. The minimum absolute atomic E-state index is 0.0380. The lowest BCUT2D eigenvalue weighted by atomic mass is 10.3. The van der Waals surface area contributed by atoms with E-state index < -0.39 is 5.97 Å². The van der Waals surface area contributed by atoms with Crippen LogP contribution in [0, 0.1) is 5.82 Å². The first kappa shape index (κ1) is 15.4. The predicted molar refractivity (Wildman–Crippen MR) is 81.7 cm³/mol. The van der Waals surface area contributed by atoms with Gasteiger partial charge in [-0.25, -0.2) is 9.18 Å². The van der Waals surface area contributed by atoms with Crippen LogP contribution < -0.4 is 11.1 Å². The number of halogens is 1. The maximum absolute atomic E-state index is 12.9. The van der Waals surface area contributed by atoms with Crippen molar-refractivity contribution in [3.63, 3.8) is 0 Å². The summed E-state index contributed by atoms with van der Waals surface area (Å²) in [6.07, 6.45) is 2.63. The van der Waals surface area contributed by atoms with Gasteiger partial charge in [-0.2, -0.15) is 15.0 Å². The third-order valence-corrected chi connectivity index (χ3v) is 2.89. The van der Waals surface area contributed by atoms with Crippen LogP contribution in [-0.2, 0) is 11.3 Å². The molecule has 2 heterocycles. The number of nitrogens with zero attached hydrogens (tertiary/aromatic N) is 3. The minimum atomic E-state index is -0.573. The van der Waals surface area contributed by atoms with Crippen molar-refractivity contribution < 1.29 is 18.3 Å². The van der Waals surface area contributed by atoms with Gasteiger partial charge in [-0.1, -0.05) is 0 Å². The van der Waals surface area contributed by atoms with E-state index in [-0.39, 0.29) is 35.7 Å². The molecule has 1 aromatic carbocycles. The van der Waals surface area contributed by atoms with Gasteiger partial charge in [0.2, 0.25) is 11.9 Å². The number of nitrogens with two attached hydrogens (primary N) is 1. The summed E-state index contributed by atoms with van der Waals surface area (Å²) >= 11 is 0. The topological polar surface area (TPSA) is 116 Å². The van der Waals surface area contributed by atoms with Gasteiger partial charge in [0, 0.05) is 5.69 Å². The predicted octanol–water partition coefficient (Wildman–Crippen LogP) is 2.29. The third-order valence-electron chi connectivity index (χ3n) is 2.89. The number of benzene rings is 1. The Morgan fingerprint density at radius 2 is 2.00 bits per heavy atom. The Kier molecular flexibility index (Phi) is 4.32. The summed E-state index contributed by atoms with van der Waals surface area (Å²) in [5.74, 6) is -0.644. The summed E-state index contributed by atoms with van der Waals surface area (Å²) in [7, 11) is 0. The van der Waals surface area contributed by atoms with E-state index in [4.69, 9.17) is 14.9 Å². The van der Waals surface area contributed by atoms with Gasteiger partial charge >= 0.3 is 5.97 Å². The number of ether oxygens (including phenoxy) is 1. The number of nitrogen functional groups attached to an aromatic ring is 1. The first-order chi connectivity index (χ1) is 11.6. The number of carbonyl (C=O) groups excluding carboxylic acids is 1. The van der Waals surface area contributed by atoms with E-state index in [9.17, 15) is 9.18 Å². The van der Waals surface area contributed by atoms with E-state index in [0.29, 0.717) is 5.69 Å². The van der Waals surface area contributed by atoms with Crippen LogP contribution in [0.15, 0.2) is 47.3 Å². The molecule has 0 amide bonds. The zero-order valence-electron chi connectivity index (χ0n) is 12.3. The van der Waals surface area contributed by atoms with Crippen LogP contribution in [0.5, 0.6) is 0 Å². The zero-order chi connectivity index (χ0) is 16.9. The molecule has 0 aliphatic carbocycles. The van der Waals surface area contributed by atoms with Gasteiger partial charge < -0.3 is 20.2 Å². The van der Waals surface area contributed by atoms with Gasteiger partial charge in [0.15, 0.2) is 12.4 Å². The standard InChI is InChI=1S/C15H12FN5O3/c16-10-1-3-11(4-2-10)18-15-20-12(19-14(17)21-15)8-24-13(22)9-5-6-23-7-9/h1-7H,8H2,(H3,17,18,19,20,21). The summed E-state index contributed by atoms with van der Waals surface area (Å²) in [6, 6.07) is 7.11. The lowest BCUT2D eigenvalue weighted by Gasteiger charge is -2.07. The fourth-order valence-corrected chi connectivity index (χ4v) is 1.81. The maximum Gasteiger partial charge on any atom is 0.341 e. The number of hydrogen-bond acceptors (Lipinski definition) is 8. The van der Waals surface area contributed by atoms with E-state index in [1.54, 1.807) is 0 Å². The molecule has 2 aromatic heterocycles. The molecule has 9 heteroatoms. The monoisotopic (exact) mass is 329 g/mol. The SMILES string of the molecule is Nc1nc(COC(=O)c2ccoc2)nc(Nc2ccc(F)cc2)n1. The molecule has 3 N–H and O–H groups in total. The quantitative estimate of drug-likeness (QED) is 0.685. The highest BCUT2D eigenvalue weighted by molar-refractivity contribution is 5.88. The summed E-state index contributed by atoms with van der Waals surface area (Å²) in [4.78, 5) is 23.7. The molecular weight excluding hydrogens is 317 g/mol. The molecule has 122 valence electrons. The van der Waals surface area contributed by atoms with E-state index in [2.05, 4.69) is 20.3 Å². The Balaban J connectivity index is 1.69. The largest absolute Gasteiger partial charge is 0.472 e. The van der Waals surface area contributed by atoms with Crippen LogP contribution in [-0.4, -0.2) is 20.9 Å². The Morgan fingerprint density at radius 3 is 2.71 bits per heavy atom. The molecule has 24 heavy (non-hydrogen) atoms. The Hall–Kier alpha value is -3.49. The summed E-state index contributed by atoms with van der Waals surface area (Å²) in [5.41, 5.74) is 6.47.